The van der Waals surface area contributed by atoms with Crippen LogP contribution in [0.5, 0.6) is 0 Å². The molecule has 0 aromatic carbocycles. The van der Waals surface area contributed by atoms with Gasteiger partial charge in [0.05, 0.1) is 12.7 Å². The highest BCUT2D eigenvalue weighted by Gasteiger charge is 2.19. The Morgan fingerprint density at radius 2 is 2.33 bits per heavy atom. The average molecular weight is 171 g/mol. The Morgan fingerprint density at radius 3 is 2.92 bits per heavy atom. The molecule has 0 spiro atoms. The molecule has 0 saturated carbocycles. The topological polar surface area (TPSA) is 38.5 Å². The van der Waals surface area contributed by atoms with Crippen LogP contribution >= 0.6 is 0 Å². The number of hydrogen-bond donors (Lipinski definition) is 1. The van der Waals surface area contributed by atoms with Gasteiger partial charge in [-0.2, -0.15) is 0 Å². The lowest BCUT2D eigenvalue weighted by Crippen LogP contribution is -2.46. The fourth-order valence-corrected chi connectivity index (χ4v) is 1.51. The second-order valence-electron chi connectivity index (χ2n) is 3.67. The third kappa shape index (κ3) is 3.09. The van der Waals surface area contributed by atoms with E-state index >= 15 is 0 Å². The van der Waals surface area contributed by atoms with Crippen molar-refractivity contribution in [3.63, 3.8) is 0 Å². The molecule has 0 unspecified atom stereocenters. The molecule has 0 amide bonds. The van der Waals surface area contributed by atoms with Gasteiger partial charge in [0.2, 0.25) is 0 Å². The van der Waals surface area contributed by atoms with Crippen LogP contribution in [0.15, 0.2) is 0 Å². The maximum Gasteiger partial charge on any atom is 0.0824 e. The van der Waals surface area contributed by atoms with Crippen molar-refractivity contribution in [3.05, 3.63) is 5.92 Å². The number of nitrogens with zero attached hydrogens (tertiary/aromatic N) is 1. The highest BCUT2D eigenvalue weighted by atomic mass is 16.5. The minimum Gasteiger partial charge on any atom is -0.374 e. The van der Waals surface area contributed by atoms with Crippen LogP contribution in [0.3, 0.4) is 0 Å². The van der Waals surface area contributed by atoms with Crippen LogP contribution in [0.1, 0.15) is 13.8 Å². The largest absolute Gasteiger partial charge is 0.374 e. The summed E-state index contributed by atoms with van der Waals surface area (Å²) in [6, 6.07) is 0. The van der Waals surface area contributed by atoms with Gasteiger partial charge in [0.25, 0.3) is 0 Å². The van der Waals surface area contributed by atoms with E-state index in [4.69, 9.17) is 10.5 Å². The molecule has 1 heterocycles. The number of rotatable bonds is 3. The molecule has 1 atom stereocenters. The summed E-state index contributed by atoms with van der Waals surface area (Å²) < 4.78 is 5.46. The highest BCUT2D eigenvalue weighted by molar-refractivity contribution is 4.84. The predicted molar refractivity (Wildman–Crippen MR) is 49.8 cm³/mol. The molecule has 1 aliphatic rings. The molecule has 1 rings (SSSR count). The Labute approximate surface area is 74.9 Å². The van der Waals surface area contributed by atoms with E-state index in [-0.39, 0.29) is 6.10 Å². The van der Waals surface area contributed by atoms with Gasteiger partial charge in [0.1, 0.15) is 0 Å². The highest BCUT2D eigenvalue weighted by Crippen LogP contribution is 2.07. The van der Waals surface area contributed by atoms with Gasteiger partial charge in [-0.15, -0.1) is 0 Å². The number of hydrogen-bond acceptors (Lipinski definition) is 3. The lowest BCUT2D eigenvalue weighted by atomic mass is 10.2. The van der Waals surface area contributed by atoms with Crippen molar-refractivity contribution in [1.29, 1.82) is 0 Å². The SMILES string of the molecule is C[C](C)CN1CCO[C@@H](CN)C1. The molecule has 12 heavy (non-hydrogen) atoms. The minimum absolute atomic E-state index is 0.248. The van der Waals surface area contributed by atoms with Crippen LogP contribution in [0, 0.1) is 5.92 Å². The third-order valence-corrected chi connectivity index (χ3v) is 2.03. The third-order valence-electron chi connectivity index (χ3n) is 2.03. The van der Waals surface area contributed by atoms with E-state index in [1.165, 1.54) is 5.92 Å². The molecular formula is C9H19N2O. The first-order valence-corrected chi connectivity index (χ1v) is 4.55. The van der Waals surface area contributed by atoms with E-state index in [1.54, 1.807) is 0 Å². The van der Waals surface area contributed by atoms with Crippen molar-refractivity contribution in [2.75, 3.05) is 32.8 Å². The van der Waals surface area contributed by atoms with Gasteiger partial charge >= 0.3 is 0 Å². The summed E-state index contributed by atoms with van der Waals surface area (Å²) in [5, 5.41) is 0. The van der Waals surface area contributed by atoms with E-state index in [9.17, 15) is 0 Å². The number of ether oxygens (including phenoxy) is 1. The Balaban J connectivity index is 2.25. The number of morpholine rings is 1. The Bertz CT molecular complexity index is 128. The van der Waals surface area contributed by atoms with Crippen LogP contribution in [0.4, 0.5) is 0 Å². The second kappa shape index (κ2) is 4.80. The smallest absolute Gasteiger partial charge is 0.0824 e. The van der Waals surface area contributed by atoms with Crippen molar-refractivity contribution >= 4 is 0 Å². The van der Waals surface area contributed by atoms with Gasteiger partial charge in [-0.1, -0.05) is 13.8 Å². The monoisotopic (exact) mass is 171 g/mol. The zero-order valence-corrected chi connectivity index (χ0v) is 8.05. The van der Waals surface area contributed by atoms with Gasteiger partial charge in [0.15, 0.2) is 0 Å². The van der Waals surface area contributed by atoms with E-state index < -0.39 is 0 Å². The average Bonchev–Trinajstić information content (AvgIpc) is 2.03. The summed E-state index contributed by atoms with van der Waals surface area (Å²) in [7, 11) is 0. The molecule has 3 nitrogen and oxygen atoms in total. The fraction of sp³-hybridized carbons (Fsp3) is 0.889. The van der Waals surface area contributed by atoms with Gasteiger partial charge in [-0.05, 0) is 5.92 Å². The zero-order chi connectivity index (χ0) is 8.97. The van der Waals surface area contributed by atoms with Crippen molar-refractivity contribution in [3.8, 4) is 0 Å². The molecule has 0 bridgehead atoms. The van der Waals surface area contributed by atoms with Crippen molar-refractivity contribution < 1.29 is 4.74 Å². The molecule has 1 radical (unpaired) electrons. The molecule has 0 aromatic heterocycles. The molecule has 0 aliphatic carbocycles. The maximum absolute atomic E-state index is 5.54. The molecule has 3 heteroatoms. The first-order valence-electron chi connectivity index (χ1n) is 4.55. The van der Waals surface area contributed by atoms with Crippen molar-refractivity contribution in [2.24, 2.45) is 5.73 Å². The Kier molecular flexibility index (Phi) is 3.98. The molecule has 0 aromatic rings. The molecule has 1 aliphatic heterocycles. The standard InChI is InChI=1S/C9H19N2O/c1-8(2)6-11-3-4-12-9(5-10)7-11/h9H,3-7,10H2,1-2H3/t9-/m0/s1. The minimum atomic E-state index is 0.248. The molecule has 1 fully saturated rings. The first kappa shape index (κ1) is 9.96. The molecule has 2 N–H and O–H groups in total. The van der Waals surface area contributed by atoms with Crippen LogP contribution in [-0.2, 0) is 4.74 Å². The molecule has 1 saturated heterocycles. The van der Waals surface area contributed by atoms with Gasteiger partial charge in [0, 0.05) is 26.2 Å². The van der Waals surface area contributed by atoms with Crippen LogP contribution in [0.25, 0.3) is 0 Å². The first-order chi connectivity index (χ1) is 5.72. The summed E-state index contributed by atoms with van der Waals surface area (Å²) in [5.74, 6) is 1.45. The van der Waals surface area contributed by atoms with Crippen LogP contribution < -0.4 is 5.73 Å². The van der Waals surface area contributed by atoms with E-state index in [0.29, 0.717) is 6.54 Å². The van der Waals surface area contributed by atoms with E-state index in [2.05, 4.69) is 18.7 Å². The van der Waals surface area contributed by atoms with Crippen molar-refractivity contribution in [1.82, 2.24) is 4.90 Å². The summed E-state index contributed by atoms with van der Waals surface area (Å²) >= 11 is 0. The summed E-state index contributed by atoms with van der Waals surface area (Å²) in [6.07, 6.45) is 0.248. The van der Waals surface area contributed by atoms with Gasteiger partial charge in [-0.3, -0.25) is 4.90 Å². The zero-order valence-electron chi connectivity index (χ0n) is 8.05. The summed E-state index contributed by atoms with van der Waals surface area (Å²) in [6.45, 7) is 8.90. The van der Waals surface area contributed by atoms with Crippen molar-refractivity contribution in [2.45, 2.75) is 20.0 Å². The Hall–Kier alpha value is -0.120. The predicted octanol–water partition coefficient (Wildman–Crippen LogP) is 0.260. The Morgan fingerprint density at radius 1 is 1.58 bits per heavy atom. The van der Waals surface area contributed by atoms with Gasteiger partial charge in [-0.25, -0.2) is 0 Å². The number of nitrogens with two attached hydrogens (primary N) is 1. The summed E-state index contributed by atoms with van der Waals surface area (Å²) in [5.41, 5.74) is 5.54. The molecule has 71 valence electrons. The van der Waals surface area contributed by atoms with Gasteiger partial charge < -0.3 is 10.5 Å². The maximum atomic E-state index is 5.54. The van der Waals surface area contributed by atoms with E-state index in [0.717, 1.165) is 26.2 Å². The lowest BCUT2D eigenvalue weighted by Gasteiger charge is -2.33. The van der Waals surface area contributed by atoms with Crippen LogP contribution in [-0.4, -0.2) is 43.8 Å². The quantitative estimate of drug-likeness (QED) is 0.662. The summed E-state index contributed by atoms with van der Waals surface area (Å²) in [4.78, 5) is 2.40. The normalized spacial score (nSPS) is 26.5. The lowest BCUT2D eigenvalue weighted by molar-refractivity contribution is -0.0213. The second-order valence-corrected chi connectivity index (χ2v) is 3.67. The van der Waals surface area contributed by atoms with E-state index in [1.807, 2.05) is 0 Å². The fourth-order valence-electron chi connectivity index (χ4n) is 1.51. The van der Waals surface area contributed by atoms with Crippen LogP contribution in [0.2, 0.25) is 0 Å². The molecular weight excluding hydrogens is 152 g/mol.